The van der Waals surface area contributed by atoms with Crippen LogP contribution >= 0.6 is 15.9 Å². The van der Waals surface area contributed by atoms with Crippen molar-refractivity contribution in [3.05, 3.63) is 34.1 Å². The number of benzene rings is 1. The molecule has 0 radical (unpaired) electrons. The van der Waals surface area contributed by atoms with Crippen LogP contribution in [0.2, 0.25) is 0 Å². The summed E-state index contributed by atoms with van der Waals surface area (Å²) < 4.78 is 14.3. The van der Waals surface area contributed by atoms with Gasteiger partial charge in [0.2, 0.25) is 0 Å². The first-order chi connectivity index (χ1) is 8.97. The molecule has 104 valence electrons. The SMILES string of the molecule is CCC1(C)CCN(C(=O)c2cccc(Br)c2F)CC1. The molecule has 0 aromatic heterocycles. The van der Waals surface area contributed by atoms with E-state index in [2.05, 4.69) is 29.8 Å². The number of hydrogen-bond donors (Lipinski definition) is 0. The standard InChI is InChI=1S/C15H19BrFNO/c1-3-15(2)7-9-18(10-8-15)14(19)11-5-4-6-12(16)13(11)17/h4-6H,3,7-10H2,1-2H3. The molecule has 0 atom stereocenters. The molecular formula is C15H19BrFNO. The van der Waals surface area contributed by atoms with Crippen molar-refractivity contribution in [3.63, 3.8) is 0 Å². The number of likely N-dealkylation sites (tertiary alicyclic amines) is 1. The summed E-state index contributed by atoms with van der Waals surface area (Å²) >= 11 is 3.12. The Morgan fingerprint density at radius 3 is 2.63 bits per heavy atom. The molecule has 0 N–H and O–H groups in total. The van der Waals surface area contributed by atoms with E-state index in [0.29, 0.717) is 9.89 Å². The van der Waals surface area contributed by atoms with Gasteiger partial charge in [-0.25, -0.2) is 4.39 Å². The minimum absolute atomic E-state index is 0.162. The first kappa shape index (κ1) is 14.5. The second kappa shape index (κ2) is 5.61. The lowest BCUT2D eigenvalue weighted by molar-refractivity contribution is 0.0595. The van der Waals surface area contributed by atoms with Gasteiger partial charge in [0.05, 0.1) is 10.0 Å². The maximum absolute atomic E-state index is 13.9. The first-order valence-electron chi connectivity index (χ1n) is 6.70. The Kier molecular flexibility index (Phi) is 4.29. The highest BCUT2D eigenvalue weighted by molar-refractivity contribution is 9.10. The molecule has 1 aliphatic rings. The summed E-state index contributed by atoms with van der Waals surface area (Å²) in [5.74, 6) is -0.659. The van der Waals surface area contributed by atoms with Gasteiger partial charge in [-0.2, -0.15) is 0 Å². The minimum atomic E-state index is -0.462. The Labute approximate surface area is 122 Å². The quantitative estimate of drug-likeness (QED) is 0.795. The predicted molar refractivity (Wildman–Crippen MR) is 77.6 cm³/mol. The summed E-state index contributed by atoms with van der Waals surface area (Å²) in [6.45, 7) is 5.88. The van der Waals surface area contributed by atoms with Crippen molar-refractivity contribution in [2.45, 2.75) is 33.1 Å². The topological polar surface area (TPSA) is 20.3 Å². The lowest BCUT2D eigenvalue weighted by atomic mass is 9.78. The number of hydrogen-bond acceptors (Lipinski definition) is 1. The number of piperidine rings is 1. The van der Waals surface area contributed by atoms with Crippen LogP contribution in [-0.4, -0.2) is 23.9 Å². The summed E-state index contributed by atoms with van der Waals surface area (Å²) in [4.78, 5) is 14.1. The zero-order valence-corrected chi connectivity index (χ0v) is 13.0. The zero-order valence-electron chi connectivity index (χ0n) is 11.4. The van der Waals surface area contributed by atoms with Crippen LogP contribution in [0.15, 0.2) is 22.7 Å². The highest BCUT2D eigenvalue weighted by Crippen LogP contribution is 2.34. The smallest absolute Gasteiger partial charge is 0.256 e. The van der Waals surface area contributed by atoms with Crippen LogP contribution in [0.3, 0.4) is 0 Å². The van der Waals surface area contributed by atoms with Crippen LogP contribution in [0.25, 0.3) is 0 Å². The molecule has 1 fully saturated rings. The average molecular weight is 328 g/mol. The molecule has 1 aromatic rings. The van der Waals surface area contributed by atoms with Gasteiger partial charge in [0.25, 0.3) is 5.91 Å². The second-order valence-corrected chi connectivity index (χ2v) is 6.41. The van der Waals surface area contributed by atoms with Crippen molar-refractivity contribution in [2.24, 2.45) is 5.41 Å². The monoisotopic (exact) mass is 327 g/mol. The number of nitrogens with zero attached hydrogens (tertiary/aromatic N) is 1. The van der Waals surface area contributed by atoms with E-state index in [4.69, 9.17) is 0 Å². The van der Waals surface area contributed by atoms with E-state index in [-0.39, 0.29) is 11.5 Å². The van der Waals surface area contributed by atoms with Gasteiger partial charge in [-0.15, -0.1) is 0 Å². The molecule has 2 nitrogen and oxygen atoms in total. The van der Waals surface area contributed by atoms with E-state index >= 15 is 0 Å². The molecule has 0 aliphatic carbocycles. The van der Waals surface area contributed by atoms with Gasteiger partial charge in [0.1, 0.15) is 5.82 Å². The van der Waals surface area contributed by atoms with E-state index in [1.807, 2.05) is 0 Å². The normalized spacial score (nSPS) is 18.4. The van der Waals surface area contributed by atoms with E-state index in [9.17, 15) is 9.18 Å². The van der Waals surface area contributed by atoms with Crippen molar-refractivity contribution in [2.75, 3.05) is 13.1 Å². The fraction of sp³-hybridized carbons (Fsp3) is 0.533. The van der Waals surface area contributed by atoms with Crippen molar-refractivity contribution in [1.29, 1.82) is 0 Å². The molecule has 0 bridgehead atoms. The molecule has 0 saturated carbocycles. The fourth-order valence-electron chi connectivity index (χ4n) is 2.44. The Bertz CT molecular complexity index is 481. The number of carbonyl (C=O) groups is 1. The lowest BCUT2D eigenvalue weighted by Gasteiger charge is -2.39. The Hall–Kier alpha value is -0.900. The summed E-state index contributed by atoms with van der Waals surface area (Å²) in [6, 6.07) is 4.85. The van der Waals surface area contributed by atoms with E-state index < -0.39 is 5.82 Å². The summed E-state index contributed by atoms with van der Waals surface area (Å²) in [6.07, 6.45) is 3.11. The predicted octanol–water partition coefficient (Wildman–Crippen LogP) is 4.24. The van der Waals surface area contributed by atoms with Crippen LogP contribution in [0.4, 0.5) is 4.39 Å². The van der Waals surface area contributed by atoms with Crippen molar-refractivity contribution >= 4 is 21.8 Å². The maximum Gasteiger partial charge on any atom is 0.256 e. The van der Waals surface area contributed by atoms with Crippen molar-refractivity contribution in [3.8, 4) is 0 Å². The maximum atomic E-state index is 13.9. The van der Waals surface area contributed by atoms with E-state index in [1.165, 1.54) is 0 Å². The zero-order chi connectivity index (χ0) is 14.0. The summed E-state index contributed by atoms with van der Waals surface area (Å²) in [5, 5.41) is 0. The van der Waals surface area contributed by atoms with Crippen molar-refractivity contribution in [1.82, 2.24) is 4.90 Å². The highest BCUT2D eigenvalue weighted by atomic mass is 79.9. The molecule has 1 aromatic carbocycles. The molecule has 1 aliphatic heterocycles. The molecule has 0 spiro atoms. The number of carbonyl (C=O) groups excluding carboxylic acids is 1. The third-order valence-electron chi connectivity index (χ3n) is 4.29. The Balaban J connectivity index is 2.12. The third-order valence-corrected chi connectivity index (χ3v) is 4.91. The fourth-order valence-corrected chi connectivity index (χ4v) is 2.81. The lowest BCUT2D eigenvalue weighted by Crippen LogP contribution is -2.42. The van der Waals surface area contributed by atoms with Crippen LogP contribution < -0.4 is 0 Å². The van der Waals surface area contributed by atoms with E-state index in [0.717, 1.165) is 32.4 Å². The summed E-state index contributed by atoms with van der Waals surface area (Å²) in [7, 11) is 0. The van der Waals surface area contributed by atoms with Crippen LogP contribution in [0.5, 0.6) is 0 Å². The van der Waals surface area contributed by atoms with Crippen LogP contribution in [0.1, 0.15) is 43.5 Å². The Morgan fingerprint density at radius 2 is 2.05 bits per heavy atom. The molecular weight excluding hydrogens is 309 g/mol. The van der Waals surface area contributed by atoms with Gasteiger partial charge in [0.15, 0.2) is 0 Å². The molecule has 1 saturated heterocycles. The minimum Gasteiger partial charge on any atom is -0.339 e. The van der Waals surface area contributed by atoms with E-state index in [1.54, 1.807) is 23.1 Å². The van der Waals surface area contributed by atoms with Gasteiger partial charge >= 0.3 is 0 Å². The van der Waals surface area contributed by atoms with Gasteiger partial charge in [-0.05, 0) is 46.3 Å². The number of halogens is 2. The van der Waals surface area contributed by atoms with Gasteiger partial charge < -0.3 is 4.90 Å². The van der Waals surface area contributed by atoms with Crippen LogP contribution in [0, 0.1) is 11.2 Å². The van der Waals surface area contributed by atoms with Gasteiger partial charge in [0, 0.05) is 13.1 Å². The molecule has 1 heterocycles. The number of amides is 1. The number of rotatable bonds is 2. The second-order valence-electron chi connectivity index (χ2n) is 5.56. The average Bonchev–Trinajstić information content (AvgIpc) is 2.42. The first-order valence-corrected chi connectivity index (χ1v) is 7.49. The third kappa shape index (κ3) is 2.99. The van der Waals surface area contributed by atoms with Gasteiger partial charge in [-0.3, -0.25) is 4.79 Å². The van der Waals surface area contributed by atoms with Crippen LogP contribution in [-0.2, 0) is 0 Å². The molecule has 4 heteroatoms. The molecule has 0 unspecified atom stereocenters. The van der Waals surface area contributed by atoms with Crippen molar-refractivity contribution < 1.29 is 9.18 Å². The molecule has 19 heavy (non-hydrogen) atoms. The molecule has 1 amide bonds. The Morgan fingerprint density at radius 1 is 1.42 bits per heavy atom. The molecule has 2 rings (SSSR count). The van der Waals surface area contributed by atoms with Gasteiger partial charge in [-0.1, -0.05) is 26.3 Å². The summed E-state index contributed by atoms with van der Waals surface area (Å²) in [5.41, 5.74) is 0.488. The highest BCUT2D eigenvalue weighted by Gasteiger charge is 2.31. The largest absolute Gasteiger partial charge is 0.339 e.